The zero-order chi connectivity index (χ0) is 14.7. The normalized spacial score (nSPS) is 18.6. The van der Waals surface area contributed by atoms with Crippen LogP contribution in [0.4, 0.5) is 5.69 Å². The first-order chi connectivity index (χ1) is 9.49. The first-order valence-electron chi connectivity index (χ1n) is 6.23. The van der Waals surface area contributed by atoms with Crippen LogP contribution in [0.15, 0.2) is 21.1 Å². The molecule has 1 heterocycles. The van der Waals surface area contributed by atoms with Gasteiger partial charge in [0.2, 0.25) is 5.91 Å². The Bertz CT molecular complexity index is 543. The topological polar surface area (TPSA) is 78.4 Å². The van der Waals surface area contributed by atoms with E-state index in [0.29, 0.717) is 21.2 Å². The van der Waals surface area contributed by atoms with Gasteiger partial charge in [-0.2, -0.15) is 0 Å². The van der Waals surface area contributed by atoms with Crippen LogP contribution in [-0.4, -0.2) is 30.1 Å². The molecular formula is C13H14Br2N2O3. The van der Waals surface area contributed by atoms with E-state index in [1.807, 2.05) is 0 Å². The van der Waals surface area contributed by atoms with Crippen molar-refractivity contribution in [2.45, 2.75) is 12.8 Å². The number of rotatable bonds is 3. The molecule has 1 fully saturated rings. The molecule has 0 radical (unpaired) electrons. The van der Waals surface area contributed by atoms with E-state index in [1.54, 1.807) is 6.07 Å². The van der Waals surface area contributed by atoms with Gasteiger partial charge in [0, 0.05) is 15.5 Å². The van der Waals surface area contributed by atoms with Crippen molar-refractivity contribution in [1.29, 1.82) is 0 Å². The van der Waals surface area contributed by atoms with Gasteiger partial charge in [-0.15, -0.1) is 0 Å². The number of amides is 1. The molecule has 0 spiro atoms. The zero-order valence-electron chi connectivity index (χ0n) is 10.6. The Kier molecular flexibility index (Phi) is 5.17. The molecule has 0 bridgehead atoms. The number of hydrogen-bond acceptors (Lipinski definition) is 3. The number of carbonyl (C=O) groups is 2. The number of halogens is 2. The SMILES string of the molecule is O=C(O)c1cc(Br)cc(Br)c1NC(=O)[C@H]1CCCNC1. The number of nitrogens with one attached hydrogen (secondary N) is 2. The molecule has 1 amide bonds. The van der Waals surface area contributed by atoms with Crippen molar-refractivity contribution in [3.05, 3.63) is 26.6 Å². The Morgan fingerprint density at radius 1 is 1.35 bits per heavy atom. The van der Waals surface area contributed by atoms with Crippen LogP contribution in [0.5, 0.6) is 0 Å². The summed E-state index contributed by atoms with van der Waals surface area (Å²) < 4.78 is 1.18. The number of carbonyl (C=O) groups excluding carboxylic acids is 1. The maximum Gasteiger partial charge on any atom is 0.337 e. The molecule has 0 saturated carbocycles. The lowest BCUT2D eigenvalue weighted by Gasteiger charge is -2.22. The largest absolute Gasteiger partial charge is 0.478 e. The minimum atomic E-state index is -1.08. The zero-order valence-corrected chi connectivity index (χ0v) is 13.8. The van der Waals surface area contributed by atoms with E-state index in [0.717, 1.165) is 19.4 Å². The average Bonchev–Trinajstić information content (AvgIpc) is 2.42. The lowest BCUT2D eigenvalue weighted by molar-refractivity contribution is -0.120. The molecular weight excluding hydrogens is 392 g/mol. The second-order valence-electron chi connectivity index (χ2n) is 4.65. The molecule has 1 atom stereocenters. The Morgan fingerprint density at radius 3 is 2.70 bits per heavy atom. The molecule has 7 heteroatoms. The van der Waals surface area contributed by atoms with Crippen LogP contribution < -0.4 is 10.6 Å². The third-order valence-corrected chi connectivity index (χ3v) is 4.28. The molecule has 1 aromatic rings. The van der Waals surface area contributed by atoms with Gasteiger partial charge >= 0.3 is 5.97 Å². The molecule has 1 aromatic carbocycles. The van der Waals surface area contributed by atoms with Gasteiger partial charge in [0.1, 0.15) is 0 Å². The number of hydrogen-bond donors (Lipinski definition) is 3. The molecule has 108 valence electrons. The van der Waals surface area contributed by atoms with Crippen molar-refractivity contribution in [3.63, 3.8) is 0 Å². The number of piperidine rings is 1. The molecule has 0 unspecified atom stereocenters. The third-order valence-electron chi connectivity index (χ3n) is 3.20. The lowest BCUT2D eigenvalue weighted by Crippen LogP contribution is -2.37. The van der Waals surface area contributed by atoms with E-state index in [4.69, 9.17) is 0 Å². The van der Waals surface area contributed by atoms with Crippen molar-refractivity contribution >= 4 is 49.4 Å². The molecule has 20 heavy (non-hydrogen) atoms. The third kappa shape index (κ3) is 3.59. The summed E-state index contributed by atoms with van der Waals surface area (Å²) in [7, 11) is 0. The number of carboxylic acid groups (broad SMARTS) is 1. The van der Waals surface area contributed by atoms with Crippen molar-refractivity contribution < 1.29 is 14.7 Å². The second kappa shape index (κ2) is 6.69. The van der Waals surface area contributed by atoms with E-state index < -0.39 is 5.97 Å². The van der Waals surface area contributed by atoms with Crippen LogP contribution in [0.2, 0.25) is 0 Å². The van der Waals surface area contributed by atoms with E-state index >= 15 is 0 Å². The van der Waals surface area contributed by atoms with Gasteiger partial charge in [0.15, 0.2) is 0 Å². The average molecular weight is 406 g/mol. The molecule has 1 aliphatic rings. The Morgan fingerprint density at radius 2 is 2.10 bits per heavy atom. The second-order valence-corrected chi connectivity index (χ2v) is 6.42. The van der Waals surface area contributed by atoms with E-state index in [-0.39, 0.29) is 17.4 Å². The first-order valence-corrected chi connectivity index (χ1v) is 7.81. The van der Waals surface area contributed by atoms with Gasteiger partial charge in [0.05, 0.1) is 17.2 Å². The summed E-state index contributed by atoms with van der Waals surface area (Å²) in [5.41, 5.74) is 0.361. The minimum absolute atomic E-state index is 0.0587. The maximum absolute atomic E-state index is 12.2. The highest BCUT2D eigenvalue weighted by molar-refractivity contribution is 9.11. The quantitative estimate of drug-likeness (QED) is 0.722. The van der Waals surface area contributed by atoms with Crippen molar-refractivity contribution in [2.24, 2.45) is 5.92 Å². The van der Waals surface area contributed by atoms with Crippen LogP contribution >= 0.6 is 31.9 Å². The molecule has 1 saturated heterocycles. The van der Waals surface area contributed by atoms with Gasteiger partial charge in [-0.1, -0.05) is 15.9 Å². The lowest BCUT2D eigenvalue weighted by atomic mass is 9.98. The van der Waals surface area contributed by atoms with E-state index in [1.165, 1.54) is 6.07 Å². The maximum atomic E-state index is 12.2. The summed E-state index contributed by atoms with van der Waals surface area (Å²) >= 11 is 6.54. The first kappa shape index (κ1) is 15.5. The Balaban J connectivity index is 2.23. The van der Waals surface area contributed by atoms with Gasteiger partial charge < -0.3 is 15.7 Å². The molecule has 2 rings (SSSR count). The van der Waals surface area contributed by atoms with Crippen molar-refractivity contribution in [1.82, 2.24) is 5.32 Å². The summed E-state index contributed by atoms with van der Waals surface area (Å²) in [5.74, 6) is -1.35. The van der Waals surface area contributed by atoms with Crippen molar-refractivity contribution in [2.75, 3.05) is 18.4 Å². The standard InChI is InChI=1S/C13H14Br2N2O3/c14-8-4-9(13(19)20)11(10(15)5-8)17-12(18)7-2-1-3-16-6-7/h4-5,7,16H,1-3,6H2,(H,17,18)(H,19,20)/t7-/m0/s1. The fourth-order valence-corrected chi connectivity index (χ4v) is 3.49. The Labute approximate surface area is 133 Å². The van der Waals surface area contributed by atoms with Gasteiger partial charge in [-0.25, -0.2) is 4.79 Å². The summed E-state index contributed by atoms with van der Waals surface area (Å²) in [6, 6.07) is 3.18. The summed E-state index contributed by atoms with van der Waals surface area (Å²) in [5, 5.41) is 15.1. The highest BCUT2D eigenvalue weighted by Gasteiger charge is 2.24. The smallest absolute Gasteiger partial charge is 0.337 e. The molecule has 1 aliphatic heterocycles. The van der Waals surface area contributed by atoms with Gasteiger partial charge in [0.25, 0.3) is 0 Å². The monoisotopic (exact) mass is 404 g/mol. The molecule has 0 aromatic heterocycles. The van der Waals surface area contributed by atoms with Crippen LogP contribution in [0.1, 0.15) is 23.2 Å². The number of benzene rings is 1. The van der Waals surface area contributed by atoms with Crippen LogP contribution in [0.3, 0.4) is 0 Å². The fraction of sp³-hybridized carbons (Fsp3) is 0.385. The van der Waals surface area contributed by atoms with Crippen molar-refractivity contribution in [3.8, 4) is 0 Å². The number of carboxylic acids is 1. The number of aromatic carboxylic acids is 1. The van der Waals surface area contributed by atoms with Gasteiger partial charge in [-0.05, 0) is 47.4 Å². The molecule has 5 nitrogen and oxygen atoms in total. The summed E-state index contributed by atoms with van der Waals surface area (Å²) in [6.07, 6.45) is 1.76. The van der Waals surface area contributed by atoms with Crippen LogP contribution in [0, 0.1) is 5.92 Å². The predicted octanol–water partition coefficient (Wildman–Crippen LogP) is 2.85. The van der Waals surface area contributed by atoms with Crippen LogP contribution in [0.25, 0.3) is 0 Å². The molecule has 3 N–H and O–H groups in total. The predicted molar refractivity (Wildman–Crippen MR) is 83.0 cm³/mol. The van der Waals surface area contributed by atoms with Gasteiger partial charge in [-0.3, -0.25) is 4.79 Å². The summed E-state index contributed by atoms with van der Waals surface area (Å²) in [4.78, 5) is 23.5. The van der Waals surface area contributed by atoms with E-state index in [2.05, 4.69) is 42.5 Å². The van der Waals surface area contributed by atoms with Crippen LogP contribution in [-0.2, 0) is 4.79 Å². The minimum Gasteiger partial charge on any atom is -0.478 e. The highest BCUT2D eigenvalue weighted by Crippen LogP contribution is 2.31. The summed E-state index contributed by atoms with van der Waals surface area (Å²) in [6.45, 7) is 1.55. The highest BCUT2D eigenvalue weighted by atomic mass is 79.9. The fourth-order valence-electron chi connectivity index (χ4n) is 2.17. The van der Waals surface area contributed by atoms with E-state index in [9.17, 15) is 14.7 Å². The molecule has 0 aliphatic carbocycles. The Hall–Kier alpha value is -0.920. The number of anilines is 1.